The maximum atomic E-state index is 11.1. The lowest BCUT2D eigenvalue weighted by Crippen LogP contribution is -2.16. The largest absolute Gasteiger partial charge is 0.469 e. The lowest BCUT2D eigenvalue weighted by Gasteiger charge is -2.10. The zero-order valence-electron chi connectivity index (χ0n) is 8.40. The number of thiophene rings is 1. The van der Waals surface area contributed by atoms with Crippen molar-refractivity contribution in [1.82, 2.24) is 0 Å². The van der Waals surface area contributed by atoms with Gasteiger partial charge in [0.15, 0.2) is 0 Å². The Bertz CT molecular complexity index is 381. The molecule has 0 aliphatic rings. The summed E-state index contributed by atoms with van der Waals surface area (Å²) < 4.78 is 4.58. The minimum absolute atomic E-state index is 0.0513. The Labute approximate surface area is 92.3 Å². The van der Waals surface area contributed by atoms with Crippen molar-refractivity contribution in [2.24, 2.45) is 5.73 Å². The zero-order chi connectivity index (χ0) is 11.3. The van der Waals surface area contributed by atoms with E-state index in [1.807, 2.05) is 6.07 Å². The van der Waals surface area contributed by atoms with E-state index in [0.717, 1.165) is 4.88 Å². The first-order valence-corrected chi connectivity index (χ1v) is 5.29. The summed E-state index contributed by atoms with van der Waals surface area (Å²) in [6.45, 7) is 0.375. The van der Waals surface area contributed by atoms with Crippen LogP contribution >= 0.6 is 11.3 Å². The zero-order valence-corrected chi connectivity index (χ0v) is 9.21. The first-order chi connectivity index (χ1) is 7.21. The van der Waals surface area contributed by atoms with Gasteiger partial charge in [0, 0.05) is 17.3 Å². The number of nitrogens with zero attached hydrogens (tertiary/aromatic N) is 1. The van der Waals surface area contributed by atoms with Crippen LogP contribution in [0.3, 0.4) is 0 Å². The van der Waals surface area contributed by atoms with Gasteiger partial charge in [0.25, 0.3) is 0 Å². The molecule has 1 rings (SSSR count). The van der Waals surface area contributed by atoms with E-state index in [4.69, 9.17) is 11.0 Å². The monoisotopic (exact) mass is 224 g/mol. The average Bonchev–Trinajstić information content (AvgIpc) is 2.73. The minimum Gasteiger partial charge on any atom is -0.469 e. The second-order valence-corrected chi connectivity index (χ2v) is 4.14. The number of esters is 1. The summed E-state index contributed by atoms with van der Waals surface area (Å²) >= 11 is 1.37. The van der Waals surface area contributed by atoms with Crippen LogP contribution in [0.5, 0.6) is 0 Å². The van der Waals surface area contributed by atoms with E-state index in [9.17, 15) is 4.79 Å². The van der Waals surface area contributed by atoms with Crippen molar-refractivity contribution in [1.29, 1.82) is 5.26 Å². The molecule has 2 N–H and O–H groups in total. The van der Waals surface area contributed by atoms with Crippen LogP contribution in [0.15, 0.2) is 12.1 Å². The fraction of sp³-hybridized carbons (Fsp3) is 0.400. The lowest BCUT2D eigenvalue weighted by atomic mass is 10.0. The van der Waals surface area contributed by atoms with Gasteiger partial charge in [-0.25, -0.2) is 0 Å². The molecule has 1 atom stereocenters. The number of hydrogen-bond donors (Lipinski definition) is 1. The summed E-state index contributed by atoms with van der Waals surface area (Å²) in [6.07, 6.45) is 0.262. The van der Waals surface area contributed by atoms with Crippen LogP contribution < -0.4 is 5.73 Å². The van der Waals surface area contributed by atoms with E-state index in [-0.39, 0.29) is 18.3 Å². The maximum Gasteiger partial charge on any atom is 0.306 e. The molecule has 0 bridgehead atoms. The Morgan fingerprint density at radius 3 is 2.93 bits per heavy atom. The lowest BCUT2D eigenvalue weighted by molar-refractivity contribution is -0.141. The average molecular weight is 224 g/mol. The third-order valence-corrected chi connectivity index (χ3v) is 3.22. The number of ether oxygens (including phenoxy) is 1. The Hall–Kier alpha value is -1.38. The Balaban J connectivity index is 2.74. The second-order valence-electron chi connectivity index (χ2n) is 3.03. The molecule has 0 fully saturated rings. The Morgan fingerprint density at radius 2 is 2.47 bits per heavy atom. The first-order valence-electron chi connectivity index (χ1n) is 4.48. The third kappa shape index (κ3) is 3.05. The summed E-state index contributed by atoms with van der Waals surface area (Å²) in [5, 5.41) is 8.67. The molecule has 0 saturated carbocycles. The summed E-state index contributed by atoms with van der Waals surface area (Å²) in [5.41, 5.74) is 5.57. The Morgan fingerprint density at radius 1 is 1.73 bits per heavy atom. The number of hydrogen-bond acceptors (Lipinski definition) is 5. The van der Waals surface area contributed by atoms with E-state index in [1.54, 1.807) is 6.07 Å². The van der Waals surface area contributed by atoms with Crippen molar-refractivity contribution in [3.05, 3.63) is 21.9 Å². The predicted molar refractivity (Wildman–Crippen MR) is 57.5 cm³/mol. The molecule has 1 aromatic rings. The van der Waals surface area contributed by atoms with Gasteiger partial charge in [0.2, 0.25) is 0 Å². The highest BCUT2D eigenvalue weighted by Gasteiger charge is 2.16. The summed E-state index contributed by atoms with van der Waals surface area (Å²) in [5.74, 6) is -0.332. The molecule has 0 aliphatic heterocycles. The smallest absolute Gasteiger partial charge is 0.306 e. The molecule has 0 aliphatic carbocycles. The molecule has 1 heterocycles. The number of carbonyl (C=O) groups is 1. The van der Waals surface area contributed by atoms with Crippen LogP contribution in [0, 0.1) is 11.3 Å². The predicted octanol–water partition coefficient (Wildman–Crippen LogP) is 1.23. The van der Waals surface area contributed by atoms with Gasteiger partial charge < -0.3 is 10.5 Å². The summed E-state index contributed by atoms with van der Waals surface area (Å²) in [6, 6.07) is 5.63. The molecule has 4 nitrogen and oxygen atoms in total. The van der Waals surface area contributed by atoms with Crippen LogP contribution in [-0.2, 0) is 9.53 Å². The highest BCUT2D eigenvalue weighted by Crippen LogP contribution is 2.26. The van der Waals surface area contributed by atoms with Gasteiger partial charge in [0.1, 0.15) is 10.9 Å². The van der Waals surface area contributed by atoms with Crippen molar-refractivity contribution in [3.8, 4) is 6.07 Å². The highest BCUT2D eigenvalue weighted by atomic mass is 32.1. The quantitative estimate of drug-likeness (QED) is 0.780. The molecule has 5 heteroatoms. The second kappa shape index (κ2) is 5.49. The normalized spacial score (nSPS) is 11.8. The van der Waals surface area contributed by atoms with Gasteiger partial charge in [-0.3, -0.25) is 4.79 Å². The van der Waals surface area contributed by atoms with Crippen molar-refractivity contribution in [2.75, 3.05) is 13.7 Å². The van der Waals surface area contributed by atoms with E-state index in [0.29, 0.717) is 11.4 Å². The van der Waals surface area contributed by atoms with Crippen LogP contribution in [-0.4, -0.2) is 19.6 Å². The molecular formula is C10H12N2O2S. The molecular weight excluding hydrogens is 212 g/mol. The number of rotatable bonds is 4. The van der Waals surface area contributed by atoms with Gasteiger partial charge in [-0.1, -0.05) is 0 Å². The fourth-order valence-electron chi connectivity index (χ4n) is 1.22. The van der Waals surface area contributed by atoms with E-state index >= 15 is 0 Å². The topological polar surface area (TPSA) is 76.1 Å². The molecule has 0 amide bonds. The molecule has 0 spiro atoms. The molecule has 1 unspecified atom stereocenters. The number of nitrogens with two attached hydrogens (primary N) is 1. The van der Waals surface area contributed by atoms with Crippen molar-refractivity contribution in [3.63, 3.8) is 0 Å². The number of carbonyl (C=O) groups excluding carboxylic acids is 1. The van der Waals surface area contributed by atoms with Crippen molar-refractivity contribution >= 4 is 17.3 Å². The molecule has 0 aromatic carbocycles. The molecule has 0 saturated heterocycles. The van der Waals surface area contributed by atoms with Crippen LogP contribution in [0.25, 0.3) is 0 Å². The van der Waals surface area contributed by atoms with E-state index in [1.165, 1.54) is 18.4 Å². The SMILES string of the molecule is COC(=O)CC(CN)c1ccc(C#N)s1. The van der Waals surface area contributed by atoms with E-state index < -0.39 is 0 Å². The first kappa shape index (κ1) is 11.7. The summed E-state index contributed by atoms with van der Waals surface area (Å²) in [4.78, 5) is 12.7. The van der Waals surface area contributed by atoms with Gasteiger partial charge >= 0.3 is 5.97 Å². The maximum absolute atomic E-state index is 11.1. The van der Waals surface area contributed by atoms with Crippen LogP contribution in [0.2, 0.25) is 0 Å². The number of nitriles is 1. The van der Waals surface area contributed by atoms with Gasteiger partial charge in [0.05, 0.1) is 13.5 Å². The molecule has 1 aromatic heterocycles. The fourth-order valence-corrected chi connectivity index (χ4v) is 2.13. The third-order valence-electron chi connectivity index (χ3n) is 2.06. The standard InChI is InChI=1S/C10H12N2O2S/c1-14-10(13)4-7(5-11)9-3-2-8(6-12)15-9/h2-3,7H,4-5,11H2,1H3. The van der Waals surface area contributed by atoms with Crippen molar-refractivity contribution < 1.29 is 9.53 Å². The highest BCUT2D eigenvalue weighted by molar-refractivity contribution is 7.12. The number of methoxy groups -OCH3 is 1. The molecule has 0 radical (unpaired) electrons. The van der Waals surface area contributed by atoms with Gasteiger partial charge in [-0.2, -0.15) is 5.26 Å². The molecule has 80 valence electrons. The summed E-state index contributed by atoms with van der Waals surface area (Å²) in [7, 11) is 1.35. The van der Waals surface area contributed by atoms with Crippen molar-refractivity contribution in [2.45, 2.75) is 12.3 Å². The van der Waals surface area contributed by atoms with Crippen LogP contribution in [0.4, 0.5) is 0 Å². The van der Waals surface area contributed by atoms with E-state index in [2.05, 4.69) is 10.8 Å². The van der Waals surface area contributed by atoms with Gasteiger partial charge in [-0.05, 0) is 12.1 Å². The molecule has 15 heavy (non-hydrogen) atoms. The van der Waals surface area contributed by atoms with Gasteiger partial charge in [-0.15, -0.1) is 11.3 Å². The Kier molecular flexibility index (Phi) is 4.28. The van der Waals surface area contributed by atoms with Crippen LogP contribution in [0.1, 0.15) is 22.1 Å². The minimum atomic E-state index is -0.280.